The van der Waals surface area contributed by atoms with Crippen LogP contribution in [0.3, 0.4) is 0 Å². The zero-order valence-corrected chi connectivity index (χ0v) is 13.6. The molecular formula is C17H17BrClN. The molecule has 0 bridgehead atoms. The van der Waals surface area contributed by atoms with Crippen molar-refractivity contribution in [3.63, 3.8) is 0 Å². The topological polar surface area (TPSA) is 3.24 Å². The van der Waals surface area contributed by atoms with Crippen molar-refractivity contribution in [3.05, 3.63) is 64.7 Å². The third kappa shape index (κ3) is 2.72. The van der Waals surface area contributed by atoms with Gasteiger partial charge < -0.3 is 4.90 Å². The number of benzene rings is 2. The van der Waals surface area contributed by atoms with E-state index in [4.69, 9.17) is 11.6 Å². The molecule has 1 nitrogen and oxygen atoms in total. The maximum atomic E-state index is 6.42. The van der Waals surface area contributed by atoms with Crippen molar-refractivity contribution < 1.29 is 0 Å². The Morgan fingerprint density at radius 3 is 2.65 bits per heavy atom. The van der Waals surface area contributed by atoms with Crippen LogP contribution in [0, 0.1) is 0 Å². The Labute approximate surface area is 133 Å². The van der Waals surface area contributed by atoms with Crippen molar-refractivity contribution in [2.75, 3.05) is 18.0 Å². The Morgan fingerprint density at radius 1 is 1.10 bits per heavy atom. The number of rotatable bonds is 3. The Kier molecular flexibility index (Phi) is 4.32. The molecule has 1 fully saturated rings. The summed E-state index contributed by atoms with van der Waals surface area (Å²) in [5.41, 5.74) is 3.90. The first-order valence-corrected chi connectivity index (χ1v) is 8.43. The quantitative estimate of drug-likeness (QED) is 0.685. The number of hydrogen-bond acceptors (Lipinski definition) is 1. The molecule has 3 heteroatoms. The van der Waals surface area contributed by atoms with Gasteiger partial charge in [-0.3, -0.25) is 0 Å². The van der Waals surface area contributed by atoms with Gasteiger partial charge in [0.05, 0.1) is 10.7 Å². The molecule has 3 rings (SSSR count). The van der Waals surface area contributed by atoms with E-state index >= 15 is 0 Å². The monoisotopic (exact) mass is 349 g/mol. The summed E-state index contributed by atoms with van der Waals surface area (Å²) in [5, 5.41) is 1.70. The predicted octanol–water partition coefficient (Wildman–Crippen LogP) is 5.23. The van der Waals surface area contributed by atoms with Crippen LogP contribution in [0.1, 0.15) is 23.5 Å². The summed E-state index contributed by atoms with van der Waals surface area (Å²) < 4.78 is 0. The van der Waals surface area contributed by atoms with Crippen LogP contribution in [0.2, 0.25) is 5.02 Å². The molecule has 0 aliphatic carbocycles. The van der Waals surface area contributed by atoms with Crippen LogP contribution >= 0.6 is 27.5 Å². The molecule has 1 aliphatic heterocycles. The molecule has 1 aliphatic rings. The van der Waals surface area contributed by atoms with Gasteiger partial charge in [0.1, 0.15) is 0 Å². The number of nitrogens with zero attached hydrogens (tertiary/aromatic N) is 1. The van der Waals surface area contributed by atoms with E-state index in [1.807, 2.05) is 12.1 Å². The van der Waals surface area contributed by atoms with E-state index < -0.39 is 0 Å². The fourth-order valence-corrected chi connectivity index (χ4v) is 3.75. The summed E-state index contributed by atoms with van der Waals surface area (Å²) in [6, 6.07) is 16.9. The molecule has 2 aromatic carbocycles. The summed E-state index contributed by atoms with van der Waals surface area (Å²) in [4.78, 5) is 2.43. The molecule has 0 N–H and O–H groups in total. The van der Waals surface area contributed by atoms with Gasteiger partial charge >= 0.3 is 0 Å². The molecule has 104 valence electrons. The Hall–Kier alpha value is -0.990. The Bertz CT molecular complexity index is 585. The Morgan fingerprint density at radius 2 is 1.90 bits per heavy atom. The maximum Gasteiger partial charge on any atom is 0.0642 e. The van der Waals surface area contributed by atoms with E-state index in [0.717, 1.165) is 23.4 Å². The lowest BCUT2D eigenvalue weighted by atomic mass is 9.99. The number of halogens is 2. The molecule has 1 unspecified atom stereocenters. The summed E-state index contributed by atoms with van der Waals surface area (Å²) in [6.07, 6.45) is 1.19. The molecular weight excluding hydrogens is 334 g/mol. The number of hydrogen-bond donors (Lipinski definition) is 0. The third-order valence-electron chi connectivity index (χ3n) is 3.99. The van der Waals surface area contributed by atoms with E-state index in [-0.39, 0.29) is 0 Å². The van der Waals surface area contributed by atoms with Crippen molar-refractivity contribution in [2.24, 2.45) is 0 Å². The molecule has 20 heavy (non-hydrogen) atoms. The van der Waals surface area contributed by atoms with Gasteiger partial charge in [-0.2, -0.15) is 0 Å². The highest BCUT2D eigenvalue weighted by Crippen LogP contribution is 2.37. The summed E-state index contributed by atoms with van der Waals surface area (Å²) >= 11 is 9.98. The van der Waals surface area contributed by atoms with E-state index in [0.29, 0.717) is 5.92 Å². The lowest BCUT2D eigenvalue weighted by Crippen LogP contribution is -2.21. The van der Waals surface area contributed by atoms with Crippen molar-refractivity contribution >= 4 is 33.2 Å². The molecule has 0 aromatic heterocycles. The second-order valence-electron chi connectivity index (χ2n) is 5.22. The first kappa shape index (κ1) is 14.0. The van der Waals surface area contributed by atoms with Crippen LogP contribution in [-0.4, -0.2) is 13.1 Å². The first-order chi connectivity index (χ1) is 9.79. The van der Waals surface area contributed by atoms with E-state index in [2.05, 4.69) is 57.2 Å². The predicted molar refractivity (Wildman–Crippen MR) is 90.1 cm³/mol. The fourth-order valence-electron chi connectivity index (χ4n) is 2.98. The highest BCUT2D eigenvalue weighted by atomic mass is 79.9. The average molecular weight is 351 g/mol. The van der Waals surface area contributed by atoms with Gasteiger partial charge in [0.25, 0.3) is 0 Å². The van der Waals surface area contributed by atoms with Crippen molar-refractivity contribution in [3.8, 4) is 0 Å². The summed E-state index contributed by atoms with van der Waals surface area (Å²) in [7, 11) is 0. The van der Waals surface area contributed by atoms with Crippen LogP contribution in [0.25, 0.3) is 0 Å². The zero-order valence-electron chi connectivity index (χ0n) is 11.2. The second kappa shape index (κ2) is 6.19. The smallest absolute Gasteiger partial charge is 0.0642 e. The van der Waals surface area contributed by atoms with E-state index in [9.17, 15) is 0 Å². The molecule has 1 saturated heterocycles. The molecule has 0 radical (unpaired) electrons. The highest BCUT2D eigenvalue weighted by molar-refractivity contribution is 9.08. The first-order valence-electron chi connectivity index (χ1n) is 6.93. The SMILES string of the molecule is Clc1cccc(CBr)c1N1CCC(c2ccccc2)C1. The molecule has 0 amide bonds. The number of anilines is 1. The largest absolute Gasteiger partial charge is 0.369 e. The average Bonchev–Trinajstić information content (AvgIpc) is 2.97. The fraction of sp³-hybridized carbons (Fsp3) is 0.294. The minimum atomic E-state index is 0.607. The minimum absolute atomic E-state index is 0.607. The van der Waals surface area contributed by atoms with Gasteiger partial charge in [-0.1, -0.05) is 70.0 Å². The molecule has 0 spiro atoms. The van der Waals surface area contributed by atoms with Crippen LogP contribution in [0.4, 0.5) is 5.69 Å². The van der Waals surface area contributed by atoms with Crippen LogP contribution < -0.4 is 4.90 Å². The second-order valence-corrected chi connectivity index (χ2v) is 6.19. The lowest BCUT2D eigenvalue weighted by Gasteiger charge is -2.23. The number of alkyl halides is 1. The molecule has 1 atom stereocenters. The van der Waals surface area contributed by atoms with E-state index in [1.54, 1.807) is 0 Å². The van der Waals surface area contributed by atoms with Gasteiger partial charge in [0, 0.05) is 24.3 Å². The summed E-state index contributed by atoms with van der Waals surface area (Å²) in [6.45, 7) is 2.12. The zero-order chi connectivity index (χ0) is 13.9. The summed E-state index contributed by atoms with van der Waals surface area (Å²) in [5.74, 6) is 0.607. The minimum Gasteiger partial charge on any atom is -0.369 e. The standard InChI is InChI=1S/C17H17BrClN/c18-11-14-7-4-8-16(19)17(14)20-10-9-15(12-20)13-5-2-1-3-6-13/h1-8,15H,9-12H2. The van der Waals surface area contributed by atoms with E-state index in [1.165, 1.54) is 23.2 Å². The van der Waals surface area contributed by atoms with Gasteiger partial charge in [-0.15, -0.1) is 0 Å². The third-order valence-corrected chi connectivity index (χ3v) is 4.90. The number of para-hydroxylation sites is 1. The van der Waals surface area contributed by atoms with Crippen molar-refractivity contribution in [1.82, 2.24) is 0 Å². The molecule has 1 heterocycles. The van der Waals surface area contributed by atoms with Crippen LogP contribution in [0.5, 0.6) is 0 Å². The van der Waals surface area contributed by atoms with Gasteiger partial charge in [0.15, 0.2) is 0 Å². The maximum absolute atomic E-state index is 6.42. The highest BCUT2D eigenvalue weighted by Gasteiger charge is 2.26. The normalized spacial score (nSPS) is 18.5. The van der Waals surface area contributed by atoms with Crippen LogP contribution in [0.15, 0.2) is 48.5 Å². The lowest BCUT2D eigenvalue weighted by molar-refractivity contribution is 0.775. The van der Waals surface area contributed by atoms with Crippen LogP contribution in [-0.2, 0) is 5.33 Å². The molecule has 2 aromatic rings. The van der Waals surface area contributed by atoms with Gasteiger partial charge in [-0.05, 0) is 23.6 Å². The Balaban J connectivity index is 1.84. The van der Waals surface area contributed by atoms with Crippen molar-refractivity contribution in [2.45, 2.75) is 17.7 Å². The van der Waals surface area contributed by atoms with Crippen molar-refractivity contribution in [1.29, 1.82) is 0 Å². The molecule has 0 saturated carbocycles. The van der Waals surface area contributed by atoms with Gasteiger partial charge in [-0.25, -0.2) is 0 Å². The van der Waals surface area contributed by atoms with Gasteiger partial charge in [0.2, 0.25) is 0 Å².